The molecule has 0 atom stereocenters. The molecule has 0 aromatic rings. The van der Waals surface area contributed by atoms with E-state index in [4.69, 9.17) is 4.74 Å². The fourth-order valence-electron chi connectivity index (χ4n) is 1.05. The van der Waals surface area contributed by atoms with Gasteiger partial charge < -0.3 is 4.74 Å². The van der Waals surface area contributed by atoms with Crippen LogP contribution in [0.25, 0.3) is 0 Å². The quantitative estimate of drug-likeness (QED) is 0.670. The van der Waals surface area contributed by atoms with Gasteiger partial charge in [-0.3, -0.25) is 4.90 Å². The molecule has 0 saturated heterocycles. The molecule has 3 nitrogen and oxygen atoms in total. The summed E-state index contributed by atoms with van der Waals surface area (Å²) in [6, 6.07) is 0. The summed E-state index contributed by atoms with van der Waals surface area (Å²) in [6.07, 6.45) is 3.27. The van der Waals surface area contributed by atoms with E-state index < -0.39 is 5.60 Å². The largest absolute Gasteiger partial charge is 0.443 e. The number of ether oxygens (including phenoxy) is 1. The van der Waals surface area contributed by atoms with Gasteiger partial charge in [0, 0.05) is 12.2 Å². The maximum absolute atomic E-state index is 11.7. The number of rotatable bonds is 3. The Labute approximate surface area is 92.4 Å². The Morgan fingerprint density at radius 3 is 2.33 bits per heavy atom. The normalized spacial score (nSPS) is 11.5. The second-order valence-corrected chi connectivity index (χ2v) is 4.22. The van der Waals surface area contributed by atoms with Gasteiger partial charge in [-0.25, -0.2) is 4.79 Å². The minimum atomic E-state index is -0.472. The summed E-state index contributed by atoms with van der Waals surface area (Å²) < 4.78 is 5.25. The minimum Gasteiger partial charge on any atom is -0.443 e. The molecule has 0 spiro atoms. The number of amides is 1. The number of nitrogens with zero attached hydrogens (tertiary/aromatic N) is 1. The van der Waals surface area contributed by atoms with Crippen molar-refractivity contribution in [1.29, 1.82) is 0 Å². The maximum Gasteiger partial charge on any atom is 0.414 e. The fraction of sp³-hybridized carbons (Fsp3) is 0.583. The van der Waals surface area contributed by atoms with Gasteiger partial charge in [0.15, 0.2) is 0 Å². The summed E-state index contributed by atoms with van der Waals surface area (Å²) in [6.45, 7) is 13.7. The van der Waals surface area contributed by atoms with E-state index >= 15 is 0 Å². The van der Waals surface area contributed by atoms with Crippen molar-refractivity contribution in [2.24, 2.45) is 0 Å². The summed E-state index contributed by atoms with van der Waals surface area (Å²) >= 11 is 0. The summed E-state index contributed by atoms with van der Waals surface area (Å²) in [4.78, 5) is 13.2. The van der Waals surface area contributed by atoms with Gasteiger partial charge >= 0.3 is 6.09 Å². The highest BCUT2D eigenvalue weighted by Crippen LogP contribution is 2.13. The molecule has 86 valence electrons. The van der Waals surface area contributed by atoms with Crippen LogP contribution in [0.3, 0.4) is 0 Å². The van der Waals surface area contributed by atoms with Gasteiger partial charge in [-0.15, -0.1) is 0 Å². The Bertz CT molecular complexity index is 261. The summed E-state index contributed by atoms with van der Waals surface area (Å²) in [5, 5.41) is 0. The second-order valence-electron chi connectivity index (χ2n) is 4.22. The van der Waals surface area contributed by atoms with E-state index in [-0.39, 0.29) is 6.09 Å². The lowest BCUT2D eigenvalue weighted by molar-refractivity contribution is 0.0329. The molecule has 1 amide bonds. The summed E-state index contributed by atoms with van der Waals surface area (Å²) in [7, 11) is 0. The van der Waals surface area contributed by atoms with E-state index in [0.717, 1.165) is 0 Å². The highest BCUT2D eigenvalue weighted by molar-refractivity contribution is 5.70. The van der Waals surface area contributed by atoms with E-state index in [1.165, 1.54) is 4.90 Å². The molecule has 15 heavy (non-hydrogen) atoms. The number of allylic oxidation sites excluding steroid dienone is 2. The third-order valence-corrected chi connectivity index (χ3v) is 1.64. The van der Waals surface area contributed by atoms with E-state index in [0.29, 0.717) is 12.2 Å². The average molecular weight is 211 g/mol. The fourth-order valence-corrected chi connectivity index (χ4v) is 1.05. The number of carbonyl (C=O) groups excluding carboxylic acids is 1. The lowest BCUT2D eigenvalue weighted by atomic mass is 10.2. The summed E-state index contributed by atoms with van der Waals surface area (Å²) in [5.41, 5.74) is 0.176. The van der Waals surface area contributed by atoms with E-state index in [1.54, 1.807) is 6.08 Å². The number of hydrogen-bond donors (Lipinski definition) is 0. The van der Waals surface area contributed by atoms with Gasteiger partial charge in [0.05, 0.1) is 0 Å². The first-order chi connectivity index (χ1) is 6.81. The van der Waals surface area contributed by atoms with E-state index in [1.807, 2.05) is 40.7 Å². The molecule has 0 heterocycles. The Hall–Kier alpha value is -1.25. The molecule has 0 aromatic carbocycles. The number of likely N-dealkylation sites (N-methyl/N-ethyl adjacent to an activating group) is 1. The SMILES string of the molecule is C=C(/C=C\C)N(CC)C(=O)OC(C)(C)C. The van der Waals surface area contributed by atoms with Crippen molar-refractivity contribution in [2.75, 3.05) is 6.54 Å². The van der Waals surface area contributed by atoms with Crippen molar-refractivity contribution in [3.63, 3.8) is 0 Å². The first-order valence-corrected chi connectivity index (χ1v) is 5.14. The zero-order valence-electron chi connectivity index (χ0n) is 10.3. The van der Waals surface area contributed by atoms with Gasteiger partial charge in [-0.1, -0.05) is 12.7 Å². The van der Waals surface area contributed by atoms with Crippen molar-refractivity contribution >= 4 is 6.09 Å². The van der Waals surface area contributed by atoms with Gasteiger partial charge in [-0.05, 0) is 40.7 Å². The molecule has 0 rings (SSSR count). The molecular formula is C12H21NO2. The van der Waals surface area contributed by atoms with Crippen molar-refractivity contribution < 1.29 is 9.53 Å². The topological polar surface area (TPSA) is 29.5 Å². The average Bonchev–Trinajstić information content (AvgIpc) is 2.02. The Morgan fingerprint density at radius 2 is 2.00 bits per heavy atom. The lowest BCUT2D eigenvalue weighted by Gasteiger charge is -2.26. The minimum absolute atomic E-state index is 0.354. The highest BCUT2D eigenvalue weighted by Gasteiger charge is 2.21. The van der Waals surface area contributed by atoms with Crippen molar-refractivity contribution in [3.8, 4) is 0 Å². The lowest BCUT2D eigenvalue weighted by Crippen LogP contribution is -2.35. The third kappa shape index (κ3) is 5.25. The molecule has 0 aliphatic rings. The van der Waals surface area contributed by atoms with E-state index in [9.17, 15) is 4.79 Å². The molecule has 0 saturated carbocycles. The monoisotopic (exact) mass is 211 g/mol. The van der Waals surface area contributed by atoms with Crippen LogP contribution in [0.15, 0.2) is 24.4 Å². The third-order valence-electron chi connectivity index (χ3n) is 1.64. The Kier molecular flexibility index (Phi) is 5.12. The highest BCUT2D eigenvalue weighted by atomic mass is 16.6. The molecule has 0 N–H and O–H groups in total. The van der Waals surface area contributed by atoms with E-state index in [2.05, 4.69) is 6.58 Å². The van der Waals surface area contributed by atoms with Gasteiger partial charge in [0.25, 0.3) is 0 Å². The van der Waals surface area contributed by atoms with Crippen molar-refractivity contribution in [2.45, 2.75) is 40.2 Å². The Morgan fingerprint density at radius 1 is 1.47 bits per heavy atom. The number of carbonyl (C=O) groups is 1. The molecule has 0 radical (unpaired) electrons. The molecule has 0 aliphatic heterocycles. The molecule has 0 bridgehead atoms. The van der Waals surface area contributed by atoms with Gasteiger partial charge in [-0.2, -0.15) is 0 Å². The smallest absolute Gasteiger partial charge is 0.414 e. The standard InChI is InChI=1S/C12H21NO2/c1-7-9-10(3)13(8-2)11(14)15-12(4,5)6/h7,9H,3,8H2,1-2,4-6H3/b9-7-. The van der Waals surface area contributed by atoms with Crippen LogP contribution in [0.4, 0.5) is 4.79 Å². The van der Waals surface area contributed by atoms with Crippen LogP contribution < -0.4 is 0 Å². The first kappa shape index (κ1) is 13.8. The molecule has 0 unspecified atom stereocenters. The van der Waals surface area contributed by atoms with Crippen LogP contribution >= 0.6 is 0 Å². The van der Waals surface area contributed by atoms with Crippen LogP contribution in [0, 0.1) is 0 Å². The maximum atomic E-state index is 11.7. The molecule has 0 aromatic heterocycles. The van der Waals surface area contributed by atoms with Crippen LogP contribution in [0.2, 0.25) is 0 Å². The van der Waals surface area contributed by atoms with Crippen LogP contribution in [-0.4, -0.2) is 23.1 Å². The second kappa shape index (κ2) is 5.59. The van der Waals surface area contributed by atoms with Crippen LogP contribution in [0.5, 0.6) is 0 Å². The predicted octanol–water partition coefficient (Wildman–Crippen LogP) is 3.33. The molecule has 0 fully saturated rings. The predicted molar refractivity (Wildman–Crippen MR) is 62.6 cm³/mol. The van der Waals surface area contributed by atoms with Gasteiger partial charge in [0.2, 0.25) is 0 Å². The summed E-state index contributed by atoms with van der Waals surface area (Å²) in [5.74, 6) is 0. The van der Waals surface area contributed by atoms with Crippen LogP contribution in [0.1, 0.15) is 34.6 Å². The van der Waals surface area contributed by atoms with Crippen molar-refractivity contribution in [1.82, 2.24) is 4.90 Å². The van der Waals surface area contributed by atoms with Gasteiger partial charge in [0.1, 0.15) is 5.60 Å². The van der Waals surface area contributed by atoms with Crippen LogP contribution in [-0.2, 0) is 4.74 Å². The van der Waals surface area contributed by atoms with Crippen molar-refractivity contribution in [3.05, 3.63) is 24.4 Å². The molecule has 0 aliphatic carbocycles. The molecular weight excluding hydrogens is 190 g/mol. The molecule has 3 heteroatoms. The zero-order chi connectivity index (χ0) is 12.1. The Balaban J connectivity index is 4.55. The first-order valence-electron chi connectivity index (χ1n) is 5.14. The zero-order valence-corrected chi connectivity index (χ0v) is 10.3. The number of hydrogen-bond acceptors (Lipinski definition) is 2.